The van der Waals surface area contributed by atoms with E-state index < -0.39 is 0 Å². The van der Waals surface area contributed by atoms with Gasteiger partial charge in [-0.2, -0.15) is 0 Å². The highest BCUT2D eigenvalue weighted by Crippen LogP contribution is 2.17. The Hall–Kier alpha value is -2.18. The molecule has 1 amide bonds. The standard InChI is InChI=1S/C19H26N4O2/c1-21(2)16-9-10-23(13-16)19(24)18-11-17(25-20-18)14-22(3)12-15-7-5-4-6-8-15/h4-8,11,16H,9-10,12-14H2,1-3H3. The largest absolute Gasteiger partial charge is 0.359 e. The molecule has 1 atom stereocenters. The highest BCUT2D eigenvalue weighted by molar-refractivity contribution is 5.92. The summed E-state index contributed by atoms with van der Waals surface area (Å²) in [5.41, 5.74) is 1.65. The number of hydrogen-bond acceptors (Lipinski definition) is 5. The van der Waals surface area contributed by atoms with Crippen molar-refractivity contribution in [3.8, 4) is 0 Å². The summed E-state index contributed by atoms with van der Waals surface area (Å²) in [5, 5.41) is 3.98. The first-order chi connectivity index (χ1) is 12.0. The van der Waals surface area contributed by atoms with Crippen molar-refractivity contribution in [2.45, 2.75) is 25.6 Å². The van der Waals surface area contributed by atoms with Crippen molar-refractivity contribution in [3.05, 3.63) is 53.4 Å². The molecule has 134 valence electrons. The van der Waals surface area contributed by atoms with E-state index in [-0.39, 0.29) is 5.91 Å². The van der Waals surface area contributed by atoms with Gasteiger partial charge >= 0.3 is 0 Å². The molecule has 6 heteroatoms. The smallest absolute Gasteiger partial charge is 0.276 e. The Kier molecular flexibility index (Phi) is 5.50. The van der Waals surface area contributed by atoms with Crippen LogP contribution < -0.4 is 0 Å². The van der Waals surface area contributed by atoms with Crippen LogP contribution in [0.1, 0.15) is 28.2 Å². The average Bonchev–Trinajstić information content (AvgIpc) is 3.24. The Bertz CT molecular complexity index is 698. The molecule has 1 unspecified atom stereocenters. The van der Waals surface area contributed by atoms with Crippen molar-refractivity contribution in [2.24, 2.45) is 0 Å². The van der Waals surface area contributed by atoms with Gasteiger partial charge in [0.1, 0.15) is 0 Å². The van der Waals surface area contributed by atoms with E-state index in [0.717, 1.165) is 26.1 Å². The normalized spacial score (nSPS) is 17.6. The van der Waals surface area contributed by atoms with Gasteiger partial charge in [0.2, 0.25) is 0 Å². The highest BCUT2D eigenvalue weighted by atomic mass is 16.5. The Morgan fingerprint density at radius 1 is 1.24 bits per heavy atom. The summed E-state index contributed by atoms with van der Waals surface area (Å²) in [6, 6.07) is 12.5. The zero-order chi connectivity index (χ0) is 17.8. The maximum atomic E-state index is 12.6. The molecule has 0 N–H and O–H groups in total. The van der Waals surface area contributed by atoms with E-state index in [2.05, 4.69) is 41.2 Å². The molecule has 0 aliphatic carbocycles. The van der Waals surface area contributed by atoms with Gasteiger partial charge < -0.3 is 14.3 Å². The van der Waals surface area contributed by atoms with E-state index in [4.69, 9.17) is 4.52 Å². The summed E-state index contributed by atoms with van der Waals surface area (Å²) in [7, 11) is 6.13. The van der Waals surface area contributed by atoms with Crippen LogP contribution in [0.5, 0.6) is 0 Å². The second kappa shape index (κ2) is 7.80. The highest BCUT2D eigenvalue weighted by Gasteiger charge is 2.29. The van der Waals surface area contributed by atoms with Crippen molar-refractivity contribution in [3.63, 3.8) is 0 Å². The van der Waals surface area contributed by atoms with Gasteiger partial charge in [-0.05, 0) is 33.1 Å². The number of likely N-dealkylation sites (tertiary alicyclic amines) is 1. The first-order valence-electron chi connectivity index (χ1n) is 8.66. The molecule has 1 aliphatic rings. The first-order valence-corrected chi connectivity index (χ1v) is 8.66. The number of carbonyl (C=O) groups excluding carboxylic acids is 1. The molecule has 3 rings (SSSR count). The minimum Gasteiger partial charge on any atom is -0.359 e. The third kappa shape index (κ3) is 4.46. The lowest BCUT2D eigenvalue weighted by molar-refractivity contribution is 0.0772. The van der Waals surface area contributed by atoms with Gasteiger partial charge in [-0.25, -0.2) is 0 Å². The second-order valence-corrected chi connectivity index (χ2v) is 6.99. The van der Waals surface area contributed by atoms with E-state index in [1.54, 1.807) is 6.07 Å². The van der Waals surface area contributed by atoms with Crippen LogP contribution in [-0.2, 0) is 13.1 Å². The molecule has 0 radical (unpaired) electrons. The lowest BCUT2D eigenvalue weighted by atomic mass is 10.2. The molecule has 25 heavy (non-hydrogen) atoms. The van der Waals surface area contributed by atoms with E-state index in [0.29, 0.717) is 24.0 Å². The number of carbonyl (C=O) groups is 1. The van der Waals surface area contributed by atoms with E-state index in [1.165, 1.54) is 5.56 Å². The lowest BCUT2D eigenvalue weighted by Gasteiger charge is -2.19. The average molecular weight is 342 g/mol. The number of amides is 1. The van der Waals surface area contributed by atoms with Gasteiger partial charge in [0.15, 0.2) is 11.5 Å². The van der Waals surface area contributed by atoms with Crippen LogP contribution >= 0.6 is 0 Å². The molecule has 1 saturated heterocycles. The maximum absolute atomic E-state index is 12.6. The minimum atomic E-state index is -0.0370. The van der Waals surface area contributed by atoms with E-state index in [9.17, 15) is 4.79 Å². The summed E-state index contributed by atoms with van der Waals surface area (Å²) in [6.07, 6.45) is 1.00. The van der Waals surface area contributed by atoms with Crippen LogP contribution in [0.25, 0.3) is 0 Å². The SMILES string of the molecule is CN(Cc1ccccc1)Cc1cc(C(=O)N2CCC(N(C)C)C2)no1. The Labute approximate surface area is 149 Å². The quantitative estimate of drug-likeness (QED) is 0.804. The number of likely N-dealkylation sites (N-methyl/N-ethyl adjacent to an activating group) is 1. The second-order valence-electron chi connectivity index (χ2n) is 6.99. The molecule has 1 aromatic carbocycles. The summed E-state index contributed by atoms with van der Waals surface area (Å²) >= 11 is 0. The van der Waals surface area contributed by atoms with Crippen molar-refractivity contribution in [2.75, 3.05) is 34.2 Å². The monoisotopic (exact) mass is 342 g/mol. The van der Waals surface area contributed by atoms with Crippen molar-refractivity contribution in [1.82, 2.24) is 19.9 Å². The molecule has 0 saturated carbocycles. The molecule has 1 aliphatic heterocycles. The van der Waals surface area contributed by atoms with Gasteiger partial charge in [0.25, 0.3) is 5.91 Å². The van der Waals surface area contributed by atoms with Crippen LogP contribution in [0.15, 0.2) is 40.9 Å². The number of aromatic nitrogens is 1. The van der Waals surface area contributed by atoms with Gasteiger partial charge in [-0.15, -0.1) is 0 Å². The fourth-order valence-electron chi connectivity index (χ4n) is 3.22. The third-order valence-corrected chi connectivity index (χ3v) is 4.68. The maximum Gasteiger partial charge on any atom is 0.276 e. The number of hydrogen-bond donors (Lipinski definition) is 0. The Balaban J connectivity index is 1.56. The topological polar surface area (TPSA) is 52.8 Å². The van der Waals surface area contributed by atoms with Crippen LogP contribution in [0.3, 0.4) is 0 Å². The summed E-state index contributed by atoms with van der Waals surface area (Å²) in [6.45, 7) is 2.97. The zero-order valence-electron chi connectivity index (χ0n) is 15.2. The molecule has 0 bridgehead atoms. The zero-order valence-corrected chi connectivity index (χ0v) is 15.2. The molecule has 2 aromatic rings. The van der Waals surface area contributed by atoms with Gasteiger partial charge in [-0.1, -0.05) is 35.5 Å². The Morgan fingerprint density at radius 3 is 2.68 bits per heavy atom. The van der Waals surface area contributed by atoms with Crippen LogP contribution in [0, 0.1) is 0 Å². The fraction of sp³-hybridized carbons (Fsp3) is 0.474. The molecular weight excluding hydrogens is 316 g/mol. The summed E-state index contributed by atoms with van der Waals surface area (Å²) < 4.78 is 5.38. The number of benzene rings is 1. The van der Waals surface area contributed by atoms with Crippen molar-refractivity contribution >= 4 is 5.91 Å². The van der Waals surface area contributed by atoms with Gasteiger partial charge in [-0.3, -0.25) is 9.69 Å². The lowest BCUT2D eigenvalue weighted by Crippen LogP contribution is -2.34. The minimum absolute atomic E-state index is 0.0370. The van der Waals surface area contributed by atoms with Crippen LogP contribution in [0.4, 0.5) is 0 Å². The molecule has 1 aromatic heterocycles. The molecular formula is C19H26N4O2. The van der Waals surface area contributed by atoms with E-state index in [1.807, 2.05) is 30.1 Å². The molecule has 0 spiro atoms. The van der Waals surface area contributed by atoms with Crippen LogP contribution in [0.2, 0.25) is 0 Å². The number of nitrogens with zero attached hydrogens (tertiary/aromatic N) is 4. The molecule has 6 nitrogen and oxygen atoms in total. The van der Waals surface area contributed by atoms with E-state index >= 15 is 0 Å². The van der Waals surface area contributed by atoms with Gasteiger partial charge in [0.05, 0.1) is 6.54 Å². The predicted octanol–water partition coefficient (Wildman–Crippen LogP) is 2.08. The molecule has 1 fully saturated rings. The fourth-order valence-corrected chi connectivity index (χ4v) is 3.22. The van der Waals surface area contributed by atoms with Crippen molar-refractivity contribution < 1.29 is 9.32 Å². The van der Waals surface area contributed by atoms with Crippen LogP contribution in [-0.4, -0.2) is 66.0 Å². The number of rotatable bonds is 6. The Morgan fingerprint density at radius 2 is 2.00 bits per heavy atom. The summed E-state index contributed by atoms with van der Waals surface area (Å²) in [5.74, 6) is 0.676. The third-order valence-electron chi connectivity index (χ3n) is 4.68. The first kappa shape index (κ1) is 17.6. The predicted molar refractivity (Wildman–Crippen MR) is 96.1 cm³/mol. The van der Waals surface area contributed by atoms with Crippen molar-refractivity contribution in [1.29, 1.82) is 0 Å². The van der Waals surface area contributed by atoms with Gasteiger partial charge in [0, 0.05) is 31.7 Å². The molecule has 2 heterocycles. The summed E-state index contributed by atoms with van der Waals surface area (Å²) in [4.78, 5) is 18.7.